The molecule has 0 amide bonds. The van der Waals surface area contributed by atoms with Gasteiger partial charge in [-0.1, -0.05) is 90.7 Å². The third-order valence-corrected chi connectivity index (χ3v) is 24.4. The second-order valence-electron chi connectivity index (χ2n) is 16.1. The van der Waals surface area contributed by atoms with Gasteiger partial charge in [-0.3, -0.25) is 9.59 Å². The second-order valence-corrected chi connectivity index (χ2v) is 25.3. The lowest BCUT2D eigenvalue weighted by Gasteiger charge is -2.50. The minimum Gasteiger partial charge on any atom is -0.519 e. The van der Waals surface area contributed by atoms with E-state index in [-0.39, 0.29) is 17.9 Å². The first kappa shape index (κ1) is 41.7. The molecule has 3 aliphatic carbocycles. The summed E-state index contributed by atoms with van der Waals surface area (Å²) in [7, 11) is -1.89. The summed E-state index contributed by atoms with van der Waals surface area (Å²) in [5, 5.41) is 0. The van der Waals surface area contributed by atoms with Gasteiger partial charge in [0.05, 0.1) is 36.2 Å². The van der Waals surface area contributed by atoms with E-state index < -0.39 is 15.6 Å². The molecule has 0 aromatic heterocycles. The Morgan fingerprint density at radius 1 is 0.646 bits per heavy atom. The lowest BCUT2D eigenvalue weighted by atomic mass is 9.98. The Labute approximate surface area is 299 Å². The highest BCUT2D eigenvalue weighted by Gasteiger charge is 2.58. The maximum absolute atomic E-state index is 14.5. The maximum Gasteiger partial charge on any atom is 0.305 e. The van der Waals surface area contributed by atoms with Crippen molar-refractivity contribution in [2.24, 2.45) is 5.92 Å². The molecule has 0 N–H and O–H groups in total. The highest BCUT2D eigenvalue weighted by Crippen LogP contribution is 2.78. The zero-order chi connectivity index (χ0) is 34.5. The normalized spacial score (nSPS) is 19.8. The van der Waals surface area contributed by atoms with Gasteiger partial charge in [0.15, 0.2) is 0 Å². The van der Waals surface area contributed by atoms with Crippen molar-refractivity contribution in [3.8, 4) is 0 Å². The molecule has 0 heterocycles. The Hall–Kier alpha value is -0.673. The first-order valence-electron chi connectivity index (χ1n) is 21.3. The average Bonchev–Trinajstić information content (AvgIpc) is 3.14. The van der Waals surface area contributed by atoms with E-state index in [1.807, 2.05) is 0 Å². The van der Waals surface area contributed by atoms with Crippen molar-refractivity contribution in [2.45, 2.75) is 223 Å². The van der Waals surface area contributed by atoms with Gasteiger partial charge < -0.3 is 9.16 Å². The van der Waals surface area contributed by atoms with Crippen LogP contribution in [0.3, 0.4) is 0 Å². The zero-order valence-corrected chi connectivity index (χ0v) is 34.2. The molecule has 1 unspecified atom stereocenters. The number of methoxy groups -OCH3 is 1. The van der Waals surface area contributed by atoms with E-state index in [1.165, 1.54) is 148 Å². The predicted octanol–water partition coefficient (Wildman–Crippen LogP) is 13.2. The summed E-state index contributed by atoms with van der Waals surface area (Å²) < 4.78 is 11.5. The molecular weight excluding hydrogens is 628 g/mol. The van der Waals surface area contributed by atoms with Crippen LogP contribution in [0.1, 0.15) is 188 Å². The molecule has 1 atom stereocenters. The molecule has 6 heteroatoms. The predicted molar refractivity (Wildman–Crippen MR) is 211 cm³/mol. The van der Waals surface area contributed by atoms with E-state index in [0.29, 0.717) is 6.42 Å². The molecule has 3 fully saturated rings. The maximum atomic E-state index is 14.5. The fourth-order valence-corrected chi connectivity index (χ4v) is 20.2. The number of ether oxygens (including phenoxy) is 1. The summed E-state index contributed by atoms with van der Waals surface area (Å²) in [6.07, 6.45) is 39.8. The van der Waals surface area contributed by atoms with E-state index in [0.717, 1.165) is 60.8 Å². The Bertz CT molecular complexity index is 846. The van der Waals surface area contributed by atoms with Gasteiger partial charge in [0.1, 0.15) is 0 Å². The Morgan fingerprint density at radius 3 is 1.52 bits per heavy atom. The van der Waals surface area contributed by atoms with Crippen molar-refractivity contribution >= 4 is 27.5 Å². The Balaban J connectivity index is 1.69. The van der Waals surface area contributed by atoms with Gasteiger partial charge in [0.2, 0.25) is 0 Å². The van der Waals surface area contributed by atoms with Crippen LogP contribution in [0.25, 0.3) is 0 Å². The van der Waals surface area contributed by atoms with Crippen LogP contribution < -0.4 is 0 Å². The van der Waals surface area contributed by atoms with Crippen molar-refractivity contribution in [1.82, 2.24) is 0 Å². The minimum absolute atomic E-state index is 0.0658. The molecule has 3 rings (SSSR count). The SMILES string of the molecule is CC[Si](CC)(CC)OC(=O)C(C/C=C/CCCCCCCCCCC(=O)OC)C[P+](C1CCCCC1)(C1CCCCC1)C1CCCCC1. The monoisotopic (exact) mass is 706 g/mol. The number of hydrogen-bond acceptors (Lipinski definition) is 4. The van der Waals surface area contributed by atoms with Crippen LogP contribution in [0.15, 0.2) is 12.2 Å². The highest BCUT2D eigenvalue weighted by molar-refractivity contribution is 7.78. The number of esters is 1. The summed E-state index contributed by atoms with van der Waals surface area (Å²) in [4.78, 5) is 25.8. The third kappa shape index (κ3) is 13.1. The van der Waals surface area contributed by atoms with Crippen molar-refractivity contribution in [3.05, 3.63) is 12.2 Å². The molecule has 0 aromatic rings. The summed E-state index contributed by atoms with van der Waals surface area (Å²) in [6, 6.07) is 3.15. The smallest absolute Gasteiger partial charge is 0.305 e. The first-order chi connectivity index (χ1) is 23.4. The zero-order valence-electron chi connectivity index (χ0n) is 32.3. The van der Waals surface area contributed by atoms with Crippen molar-refractivity contribution in [2.75, 3.05) is 13.3 Å². The molecule has 278 valence electrons. The first-order valence-corrected chi connectivity index (χ1v) is 26.0. The molecule has 3 saturated carbocycles. The number of rotatable bonds is 23. The molecule has 0 spiro atoms. The lowest BCUT2D eigenvalue weighted by molar-refractivity contribution is -0.141. The second kappa shape index (κ2) is 23.7. The van der Waals surface area contributed by atoms with E-state index in [4.69, 9.17) is 9.16 Å². The van der Waals surface area contributed by atoms with Gasteiger partial charge in [0.25, 0.3) is 14.3 Å². The van der Waals surface area contributed by atoms with Gasteiger partial charge in [-0.05, 0) is 121 Å². The van der Waals surface area contributed by atoms with Crippen LogP contribution in [0.4, 0.5) is 0 Å². The molecule has 0 aliphatic heterocycles. The molecule has 0 radical (unpaired) electrons. The molecular formula is C42H78O4PSi+. The standard InChI is InChI=1S/C42H78O4PSi/c1-5-48(6-2,7-3)46-42(44)37(28-20-15-13-11-9-8-10-12-14-16-27-35-41(43)45-4)36-47(38-29-21-17-22-30-38,39-31-23-18-24-32-39)40-33-25-19-26-34-40/h15,20,37-40H,5-14,16-19,21-36H2,1-4H3/q+1/b20-15+. The van der Waals surface area contributed by atoms with Gasteiger partial charge in [-0.15, -0.1) is 0 Å². The number of carbonyl (C=O) groups is 2. The van der Waals surface area contributed by atoms with Gasteiger partial charge in [0, 0.05) is 13.7 Å². The van der Waals surface area contributed by atoms with Crippen LogP contribution in [-0.4, -0.2) is 50.5 Å². The molecule has 0 bridgehead atoms. The van der Waals surface area contributed by atoms with Crippen LogP contribution in [0.2, 0.25) is 18.1 Å². The van der Waals surface area contributed by atoms with Gasteiger partial charge in [-0.25, -0.2) is 0 Å². The van der Waals surface area contributed by atoms with E-state index >= 15 is 0 Å². The number of allylic oxidation sites excluding steroid dienone is 2. The third-order valence-electron chi connectivity index (χ3n) is 13.2. The minimum atomic E-state index is -2.01. The van der Waals surface area contributed by atoms with E-state index in [9.17, 15) is 9.59 Å². The molecule has 48 heavy (non-hydrogen) atoms. The highest BCUT2D eigenvalue weighted by atomic mass is 31.2. The number of hydrogen-bond donors (Lipinski definition) is 0. The lowest BCUT2D eigenvalue weighted by Crippen LogP contribution is -2.43. The molecule has 0 saturated heterocycles. The summed E-state index contributed by atoms with van der Waals surface area (Å²) in [5.41, 5.74) is 2.74. The molecule has 4 nitrogen and oxygen atoms in total. The average molecular weight is 706 g/mol. The Kier molecular flexibility index (Phi) is 20.6. The summed E-state index contributed by atoms with van der Waals surface area (Å²) >= 11 is 0. The van der Waals surface area contributed by atoms with Crippen molar-refractivity contribution in [3.63, 3.8) is 0 Å². The fourth-order valence-electron chi connectivity index (χ4n) is 9.99. The number of unbranched alkanes of at least 4 members (excludes halogenated alkanes) is 8. The largest absolute Gasteiger partial charge is 0.519 e. The van der Waals surface area contributed by atoms with Gasteiger partial charge >= 0.3 is 5.97 Å². The number of carbonyl (C=O) groups excluding carboxylic acids is 2. The van der Waals surface area contributed by atoms with Crippen LogP contribution in [0, 0.1) is 5.92 Å². The summed E-state index contributed by atoms with van der Waals surface area (Å²) in [6.45, 7) is 6.82. The van der Waals surface area contributed by atoms with Crippen LogP contribution in [0.5, 0.6) is 0 Å². The van der Waals surface area contributed by atoms with E-state index in [2.05, 4.69) is 32.9 Å². The van der Waals surface area contributed by atoms with Crippen molar-refractivity contribution in [1.29, 1.82) is 0 Å². The topological polar surface area (TPSA) is 52.6 Å². The molecule has 0 aromatic carbocycles. The molecule has 3 aliphatic rings. The fraction of sp³-hybridized carbons (Fsp3) is 0.905. The van der Waals surface area contributed by atoms with Crippen LogP contribution in [-0.2, 0) is 18.8 Å². The van der Waals surface area contributed by atoms with Crippen molar-refractivity contribution < 1.29 is 18.8 Å². The Morgan fingerprint density at radius 2 is 1.08 bits per heavy atom. The van der Waals surface area contributed by atoms with Crippen LogP contribution >= 0.6 is 7.26 Å². The van der Waals surface area contributed by atoms with E-state index in [1.54, 1.807) is 0 Å². The quantitative estimate of drug-likeness (QED) is 0.0349. The summed E-state index contributed by atoms with van der Waals surface area (Å²) in [5.74, 6) is 0.189. The van der Waals surface area contributed by atoms with Gasteiger partial charge in [-0.2, -0.15) is 0 Å².